The molecule has 3 aromatic rings. The predicted octanol–water partition coefficient (Wildman–Crippen LogP) is 4.12. The maximum Gasteiger partial charge on any atom is 0.335 e. The molecule has 0 aliphatic rings. The lowest BCUT2D eigenvalue weighted by molar-refractivity contribution is 0.0697. The summed E-state index contributed by atoms with van der Waals surface area (Å²) in [5, 5.41) is 9.32. The van der Waals surface area contributed by atoms with Crippen LogP contribution < -0.4 is 14.4 Å². The largest absolute Gasteiger partial charge is 0.493 e. The van der Waals surface area contributed by atoms with E-state index in [2.05, 4.69) is 4.98 Å². The second-order valence-electron chi connectivity index (χ2n) is 5.68. The quantitative estimate of drug-likeness (QED) is 0.640. The predicted molar refractivity (Wildman–Crippen MR) is 99.9 cm³/mol. The minimum absolute atomic E-state index is 0.202. The molecule has 0 aliphatic heterocycles. The molecular formula is C20H20N2O5. The molecule has 0 amide bonds. The lowest BCUT2D eigenvalue weighted by Gasteiger charge is -2.25. The molecule has 0 atom stereocenters. The minimum atomic E-state index is -0.985. The lowest BCUT2D eigenvalue weighted by atomic mass is 10.1. The average molecular weight is 368 g/mol. The summed E-state index contributed by atoms with van der Waals surface area (Å²) < 4.78 is 16.4. The van der Waals surface area contributed by atoms with E-state index in [1.807, 2.05) is 36.1 Å². The summed E-state index contributed by atoms with van der Waals surface area (Å²) in [5.41, 5.74) is 1.71. The van der Waals surface area contributed by atoms with Gasteiger partial charge in [0.25, 0.3) is 0 Å². The average Bonchev–Trinajstić information content (AvgIpc) is 3.20. The molecule has 3 rings (SSSR count). The highest BCUT2D eigenvalue weighted by Gasteiger charge is 2.16. The molecule has 1 aromatic heterocycles. The van der Waals surface area contributed by atoms with E-state index in [9.17, 15) is 9.90 Å². The number of methoxy groups -OCH3 is 1. The summed E-state index contributed by atoms with van der Waals surface area (Å²) >= 11 is 0. The van der Waals surface area contributed by atoms with Crippen molar-refractivity contribution in [1.82, 2.24) is 4.98 Å². The van der Waals surface area contributed by atoms with Crippen LogP contribution in [0.3, 0.4) is 0 Å². The normalized spacial score (nSPS) is 10.4. The maximum atomic E-state index is 11.4. The van der Waals surface area contributed by atoms with Crippen LogP contribution in [-0.4, -0.2) is 29.8 Å². The SMILES string of the molecule is CCOc1cc(N(Cc2cnco2)c2cccc(C(=O)O)c2)ccc1OC. The number of carboxylic acid groups (broad SMARTS) is 1. The van der Waals surface area contributed by atoms with Gasteiger partial charge in [-0.2, -0.15) is 0 Å². The monoisotopic (exact) mass is 368 g/mol. The molecule has 0 radical (unpaired) electrons. The zero-order chi connectivity index (χ0) is 19.2. The van der Waals surface area contributed by atoms with Crippen molar-refractivity contribution in [3.8, 4) is 11.5 Å². The van der Waals surface area contributed by atoms with Crippen LogP contribution >= 0.6 is 0 Å². The second kappa shape index (κ2) is 8.27. The number of rotatable bonds is 8. The number of carbonyl (C=O) groups is 1. The van der Waals surface area contributed by atoms with Crippen molar-refractivity contribution >= 4 is 17.3 Å². The number of oxazole rings is 1. The molecule has 2 aromatic carbocycles. The molecule has 140 valence electrons. The first-order chi connectivity index (χ1) is 13.1. The van der Waals surface area contributed by atoms with Crippen LogP contribution in [0.5, 0.6) is 11.5 Å². The summed E-state index contributed by atoms with van der Waals surface area (Å²) in [5.74, 6) is 0.889. The van der Waals surface area contributed by atoms with Crippen molar-refractivity contribution in [1.29, 1.82) is 0 Å². The molecule has 7 heteroatoms. The molecule has 27 heavy (non-hydrogen) atoms. The van der Waals surface area contributed by atoms with E-state index in [0.717, 1.165) is 5.69 Å². The number of nitrogens with zero attached hydrogens (tertiary/aromatic N) is 2. The van der Waals surface area contributed by atoms with E-state index in [1.54, 1.807) is 31.5 Å². The first-order valence-corrected chi connectivity index (χ1v) is 8.41. The van der Waals surface area contributed by atoms with Crippen LogP contribution in [0, 0.1) is 0 Å². The summed E-state index contributed by atoms with van der Waals surface area (Å²) in [6.07, 6.45) is 2.99. The van der Waals surface area contributed by atoms with E-state index < -0.39 is 5.97 Å². The Morgan fingerprint density at radius 2 is 2.00 bits per heavy atom. The molecule has 1 heterocycles. The van der Waals surface area contributed by atoms with Gasteiger partial charge in [-0.3, -0.25) is 0 Å². The van der Waals surface area contributed by atoms with E-state index in [1.165, 1.54) is 6.39 Å². The van der Waals surface area contributed by atoms with Gasteiger partial charge in [0.15, 0.2) is 17.9 Å². The second-order valence-corrected chi connectivity index (χ2v) is 5.68. The summed E-state index contributed by atoms with van der Waals surface area (Å²) in [7, 11) is 1.58. The molecule has 0 aliphatic carbocycles. The van der Waals surface area contributed by atoms with Gasteiger partial charge in [0, 0.05) is 17.4 Å². The molecule has 0 fully saturated rings. The highest BCUT2D eigenvalue weighted by molar-refractivity contribution is 5.89. The molecule has 0 unspecified atom stereocenters. The van der Waals surface area contributed by atoms with Crippen molar-refractivity contribution in [2.45, 2.75) is 13.5 Å². The Bertz CT molecular complexity index is 908. The van der Waals surface area contributed by atoms with Crippen molar-refractivity contribution in [2.24, 2.45) is 0 Å². The number of carboxylic acids is 1. The van der Waals surface area contributed by atoms with Crippen molar-refractivity contribution in [3.05, 3.63) is 66.4 Å². The van der Waals surface area contributed by atoms with Gasteiger partial charge in [0.2, 0.25) is 0 Å². The molecule has 0 bridgehead atoms. The van der Waals surface area contributed by atoms with E-state index >= 15 is 0 Å². The van der Waals surface area contributed by atoms with Gasteiger partial charge in [-0.25, -0.2) is 9.78 Å². The van der Waals surface area contributed by atoms with Gasteiger partial charge in [-0.1, -0.05) is 6.07 Å². The molecular weight excluding hydrogens is 348 g/mol. The van der Waals surface area contributed by atoms with Crippen LogP contribution in [0.1, 0.15) is 23.0 Å². The fourth-order valence-electron chi connectivity index (χ4n) is 2.72. The lowest BCUT2D eigenvalue weighted by Crippen LogP contribution is -2.17. The Labute approximate surface area is 156 Å². The molecule has 0 spiro atoms. The van der Waals surface area contributed by atoms with E-state index in [-0.39, 0.29) is 5.56 Å². The molecule has 1 N–H and O–H groups in total. The van der Waals surface area contributed by atoms with Gasteiger partial charge in [0.05, 0.1) is 32.0 Å². The Kier molecular flexibility index (Phi) is 5.61. The fraction of sp³-hybridized carbons (Fsp3) is 0.200. The zero-order valence-corrected chi connectivity index (χ0v) is 15.1. The van der Waals surface area contributed by atoms with Crippen molar-refractivity contribution in [3.63, 3.8) is 0 Å². The number of hydrogen-bond donors (Lipinski definition) is 1. The molecule has 0 saturated carbocycles. The van der Waals surface area contributed by atoms with Crippen LogP contribution in [0.2, 0.25) is 0 Å². The van der Waals surface area contributed by atoms with E-state index in [0.29, 0.717) is 36.1 Å². The highest BCUT2D eigenvalue weighted by Crippen LogP contribution is 2.36. The number of aromatic carboxylic acids is 1. The smallest absolute Gasteiger partial charge is 0.335 e. The summed E-state index contributed by atoms with van der Waals surface area (Å²) in [6, 6.07) is 12.3. The number of benzene rings is 2. The topological polar surface area (TPSA) is 85.0 Å². The van der Waals surface area contributed by atoms with Crippen LogP contribution in [0.25, 0.3) is 0 Å². The Balaban J connectivity index is 2.06. The Morgan fingerprint density at radius 3 is 2.67 bits per heavy atom. The number of aromatic nitrogens is 1. The van der Waals surface area contributed by atoms with Gasteiger partial charge in [-0.15, -0.1) is 0 Å². The molecule has 7 nitrogen and oxygen atoms in total. The van der Waals surface area contributed by atoms with Crippen LogP contribution in [-0.2, 0) is 6.54 Å². The van der Waals surface area contributed by atoms with Crippen molar-refractivity contribution < 1.29 is 23.8 Å². The summed E-state index contributed by atoms with van der Waals surface area (Å²) in [4.78, 5) is 17.2. The third-order valence-corrected chi connectivity index (χ3v) is 3.96. The number of anilines is 2. The highest BCUT2D eigenvalue weighted by atomic mass is 16.5. The van der Waals surface area contributed by atoms with Crippen molar-refractivity contribution in [2.75, 3.05) is 18.6 Å². The number of hydrogen-bond acceptors (Lipinski definition) is 6. The Hall–Kier alpha value is -3.48. The number of ether oxygens (including phenoxy) is 2. The van der Waals surface area contributed by atoms with Crippen LogP contribution in [0.15, 0.2) is 59.5 Å². The van der Waals surface area contributed by atoms with Gasteiger partial charge in [-0.05, 0) is 37.3 Å². The molecule has 0 saturated heterocycles. The van der Waals surface area contributed by atoms with Gasteiger partial charge < -0.3 is 23.9 Å². The van der Waals surface area contributed by atoms with Gasteiger partial charge in [0.1, 0.15) is 5.76 Å². The zero-order valence-electron chi connectivity index (χ0n) is 15.1. The third-order valence-electron chi connectivity index (χ3n) is 3.96. The minimum Gasteiger partial charge on any atom is -0.493 e. The van der Waals surface area contributed by atoms with E-state index in [4.69, 9.17) is 13.9 Å². The van der Waals surface area contributed by atoms with Gasteiger partial charge >= 0.3 is 5.97 Å². The van der Waals surface area contributed by atoms with Crippen LogP contribution in [0.4, 0.5) is 11.4 Å². The Morgan fingerprint density at radius 1 is 1.19 bits per heavy atom. The first kappa shape index (κ1) is 18.3. The fourth-order valence-corrected chi connectivity index (χ4v) is 2.72. The summed E-state index contributed by atoms with van der Waals surface area (Å²) in [6.45, 7) is 2.77. The first-order valence-electron chi connectivity index (χ1n) is 8.41. The third kappa shape index (κ3) is 4.20. The maximum absolute atomic E-state index is 11.4. The standard InChI is InChI=1S/C20H20N2O5/c1-3-26-19-10-16(7-8-18(19)25-2)22(12-17-11-21-13-27-17)15-6-4-5-14(9-15)20(23)24/h4-11,13H,3,12H2,1-2H3,(H,23,24).